The second-order valence-corrected chi connectivity index (χ2v) is 14.2. The first kappa shape index (κ1) is 41.6. The first-order valence-electron chi connectivity index (χ1n) is 14.3. The molecule has 224 valence electrons. The van der Waals surface area contributed by atoms with E-state index in [4.69, 9.17) is 9.47 Å². The van der Waals surface area contributed by atoms with E-state index < -0.39 is 23.9 Å². The fourth-order valence-corrected chi connectivity index (χ4v) is 5.59. The van der Waals surface area contributed by atoms with Gasteiger partial charge in [-0.05, 0) is 36.8 Å². The van der Waals surface area contributed by atoms with Crippen LogP contribution in [-0.4, -0.2) is 58.2 Å². The van der Waals surface area contributed by atoms with Gasteiger partial charge >= 0.3 is 68.6 Å². The Morgan fingerprint density at radius 2 is 0.974 bits per heavy atom. The number of hydrogen-bond donors (Lipinski definition) is 0. The number of esters is 2. The molecule has 0 heterocycles. The van der Waals surface area contributed by atoms with Gasteiger partial charge in [0, 0.05) is 12.2 Å². The van der Waals surface area contributed by atoms with Crippen LogP contribution in [0.5, 0.6) is 0 Å². The van der Waals surface area contributed by atoms with Crippen molar-refractivity contribution in [2.75, 3.05) is 13.2 Å². The van der Waals surface area contributed by atoms with Crippen LogP contribution >= 0.6 is 0 Å². The van der Waals surface area contributed by atoms with E-state index in [2.05, 4.69) is 41.5 Å². The van der Waals surface area contributed by atoms with E-state index in [1.54, 1.807) is 8.87 Å². The molecule has 9 heteroatoms. The molecule has 0 aliphatic heterocycles. The van der Waals surface area contributed by atoms with Gasteiger partial charge in [0.05, 0.1) is 25.2 Å². The Morgan fingerprint density at radius 1 is 0.615 bits per heavy atom. The zero-order valence-electron chi connectivity index (χ0n) is 25.1. The summed E-state index contributed by atoms with van der Waals surface area (Å²) in [4.78, 5) is 41.7. The van der Waals surface area contributed by atoms with Gasteiger partial charge in [0.2, 0.25) is 0 Å². The number of carboxylic acid groups (broad SMARTS) is 2. The van der Waals surface area contributed by atoms with Gasteiger partial charge in [-0.15, -0.1) is 0 Å². The van der Waals surface area contributed by atoms with Crippen LogP contribution in [0.3, 0.4) is 0 Å². The Morgan fingerprint density at radius 3 is 1.26 bits per heavy atom. The summed E-state index contributed by atoms with van der Waals surface area (Å²) in [5.41, 5.74) is 0. The second-order valence-electron chi connectivity index (χ2n) is 9.88. The maximum absolute atomic E-state index is 10.9. The molecule has 0 rings (SSSR count). The van der Waals surface area contributed by atoms with E-state index in [9.17, 15) is 29.4 Å². The van der Waals surface area contributed by atoms with E-state index in [0.29, 0.717) is 37.2 Å². The van der Waals surface area contributed by atoms with Gasteiger partial charge in [0.15, 0.2) is 0 Å². The number of hydrogen-bond acceptors (Lipinski definition) is 8. The van der Waals surface area contributed by atoms with E-state index in [-0.39, 0.29) is 21.1 Å². The molecule has 0 saturated heterocycles. The zero-order valence-corrected chi connectivity index (χ0v) is 28.0. The zero-order chi connectivity index (χ0) is 30.3. The van der Waals surface area contributed by atoms with Crippen molar-refractivity contribution >= 4 is 45.0 Å². The normalized spacial score (nSPS) is 10.5. The predicted molar refractivity (Wildman–Crippen MR) is 153 cm³/mol. The summed E-state index contributed by atoms with van der Waals surface area (Å²) in [5.74, 6) is -2.65. The quantitative estimate of drug-likeness (QED) is 0.0811. The summed E-state index contributed by atoms with van der Waals surface area (Å²) in [6.07, 6.45) is 14.2. The standard InChI is InChI=1S/2C12H20O4.2C3H7.Sn/c2*1-10(2)6-4-3-5-9-16-12(15)8-7-11(13)14;2*1-3-2;/h2*7-8,10H,3-6,9H2,1-2H3,(H,13,14);2*1,3H2,2H3;/q;;;;+2/p-2/b2*8-7-;;;. The first-order valence-corrected chi connectivity index (χ1v) is 18.3. The minimum atomic E-state index is -1.39. The fourth-order valence-electron chi connectivity index (χ4n) is 2.86. The molecular formula is C30H52O8Sn. The molecule has 0 aliphatic carbocycles. The average Bonchev–Trinajstić information content (AvgIpc) is 2.86. The summed E-state index contributed by atoms with van der Waals surface area (Å²) in [7, 11) is 0. The van der Waals surface area contributed by atoms with E-state index in [1.165, 1.54) is 25.7 Å². The van der Waals surface area contributed by atoms with Gasteiger partial charge in [0.25, 0.3) is 0 Å². The molecule has 0 bridgehead atoms. The van der Waals surface area contributed by atoms with Crippen LogP contribution in [0.4, 0.5) is 0 Å². The number of carbonyl (C=O) groups is 4. The molecule has 0 aliphatic rings. The van der Waals surface area contributed by atoms with E-state index in [1.807, 2.05) is 0 Å². The van der Waals surface area contributed by atoms with Crippen molar-refractivity contribution in [3.05, 3.63) is 24.3 Å². The van der Waals surface area contributed by atoms with Crippen molar-refractivity contribution in [3.63, 3.8) is 0 Å². The molecule has 0 unspecified atom stereocenters. The Kier molecular flexibility index (Phi) is 34.6. The van der Waals surface area contributed by atoms with Gasteiger partial charge in [-0.3, -0.25) is 0 Å². The third kappa shape index (κ3) is 46.4. The monoisotopic (exact) mass is 660 g/mol. The molecule has 0 spiro atoms. The molecule has 0 aromatic rings. The molecule has 39 heavy (non-hydrogen) atoms. The summed E-state index contributed by atoms with van der Waals surface area (Å²) >= 11 is 0.181. The first-order chi connectivity index (χ1) is 18.5. The van der Waals surface area contributed by atoms with Crippen LogP contribution in [0.2, 0.25) is 8.87 Å². The van der Waals surface area contributed by atoms with Crippen molar-refractivity contribution in [1.82, 2.24) is 0 Å². The van der Waals surface area contributed by atoms with E-state index in [0.717, 1.165) is 50.7 Å². The van der Waals surface area contributed by atoms with Crippen molar-refractivity contribution < 1.29 is 38.9 Å². The molecule has 0 aromatic carbocycles. The Hall–Kier alpha value is -1.84. The van der Waals surface area contributed by atoms with Gasteiger partial charge in [0.1, 0.15) is 0 Å². The summed E-state index contributed by atoms with van der Waals surface area (Å²) in [6.45, 7) is 13.9. The molecule has 0 atom stereocenters. The van der Waals surface area contributed by atoms with Gasteiger partial charge in [-0.2, -0.15) is 0 Å². The number of rotatable bonds is 20. The molecule has 0 amide bonds. The van der Waals surface area contributed by atoms with Crippen molar-refractivity contribution in [2.24, 2.45) is 11.8 Å². The summed E-state index contributed by atoms with van der Waals surface area (Å²) < 4.78 is 12.8. The number of ether oxygens (including phenoxy) is 2. The Balaban J connectivity index is -0.000000537. The van der Waals surface area contributed by atoms with Crippen molar-refractivity contribution in [2.45, 2.75) is 115 Å². The number of aliphatic carboxylic acids is 2. The topological polar surface area (TPSA) is 133 Å². The summed E-state index contributed by atoms with van der Waals surface area (Å²) in [5, 5.41) is 20.0. The van der Waals surface area contributed by atoms with Crippen LogP contribution in [-0.2, 0) is 28.7 Å². The fraction of sp³-hybridized carbons (Fsp3) is 0.733. The third-order valence-corrected chi connectivity index (χ3v) is 9.78. The Bertz CT molecular complexity index is 616. The molecular weight excluding hydrogens is 607 g/mol. The second kappa shape index (κ2) is 32.4. The van der Waals surface area contributed by atoms with Gasteiger partial charge in [-0.25, -0.2) is 9.59 Å². The minimum absolute atomic E-state index is 0.181. The van der Waals surface area contributed by atoms with Crippen molar-refractivity contribution in [1.29, 1.82) is 0 Å². The van der Waals surface area contributed by atoms with Crippen LogP contribution in [0.25, 0.3) is 0 Å². The van der Waals surface area contributed by atoms with Crippen LogP contribution in [0.15, 0.2) is 24.3 Å². The van der Waals surface area contributed by atoms with Gasteiger partial charge in [-0.1, -0.05) is 66.2 Å². The molecule has 8 nitrogen and oxygen atoms in total. The molecule has 0 radical (unpaired) electrons. The van der Waals surface area contributed by atoms with Crippen LogP contribution in [0, 0.1) is 11.8 Å². The maximum atomic E-state index is 10.9. The Labute approximate surface area is 247 Å². The number of unbranched alkanes of at least 4 members (excludes halogenated alkanes) is 4. The average molecular weight is 659 g/mol. The molecule has 0 saturated carbocycles. The molecule has 0 fully saturated rings. The summed E-state index contributed by atoms with van der Waals surface area (Å²) in [6, 6.07) is 0. The van der Waals surface area contributed by atoms with Crippen LogP contribution in [0.1, 0.15) is 106 Å². The number of carboxylic acids is 2. The molecule has 0 N–H and O–H groups in total. The van der Waals surface area contributed by atoms with E-state index >= 15 is 0 Å². The van der Waals surface area contributed by atoms with Gasteiger partial charge < -0.3 is 29.3 Å². The van der Waals surface area contributed by atoms with Crippen molar-refractivity contribution in [3.8, 4) is 0 Å². The van der Waals surface area contributed by atoms with Crippen LogP contribution < -0.4 is 10.2 Å². The third-order valence-electron chi connectivity index (χ3n) is 4.90. The predicted octanol–water partition coefficient (Wildman–Crippen LogP) is 4.45. The molecule has 0 aromatic heterocycles. The SMILES string of the molecule is CC(C)CCCCCOC(=O)/C=C\C(=O)[O-].CC(C)CCCCCOC(=O)/C=C\C(=O)[O-].CC[CH2][Sn+2][CH2]CC. The number of carbonyl (C=O) groups excluding carboxylic acids is 4.